The number of fused-ring (bicyclic) bond motifs is 1. The molecule has 3 aromatic heterocycles. The standard InChI is InChI=1S/C28H28F3N7OS/c1-13-22(27-37-24-21(40-27)7-8-33-23(24)14-3-4-14)25(36-17-6-5-15(9-17)26(39)32-2)38-28(35-13)34-12-16-10-19(30)20(31)11-18(16)29/h7-8,10-11,14-15,17H,3-6,9,12H2,1-2H3,(H,32,39)(H2,34,35,36,38). The second-order valence-corrected chi connectivity index (χ2v) is 11.4. The number of amides is 1. The molecule has 6 rings (SSSR count). The van der Waals surface area contributed by atoms with Gasteiger partial charge in [-0.1, -0.05) is 0 Å². The molecule has 0 aliphatic heterocycles. The summed E-state index contributed by atoms with van der Waals surface area (Å²) in [5.74, 6) is -2.11. The van der Waals surface area contributed by atoms with Crippen LogP contribution in [0.25, 0.3) is 20.8 Å². The number of halogens is 3. The fourth-order valence-electron chi connectivity index (χ4n) is 5.27. The molecule has 40 heavy (non-hydrogen) atoms. The number of rotatable bonds is 8. The van der Waals surface area contributed by atoms with Crippen molar-refractivity contribution < 1.29 is 18.0 Å². The number of carbonyl (C=O) groups is 1. The van der Waals surface area contributed by atoms with E-state index < -0.39 is 17.5 Å². The summed E-state index contributed by atoms with van der Waals surface area (Å²) in [6.45, 7) is 1.71. The van der Waals surface area contributed by atoms with Crippen LogP contribution in [0.1, 0.15) is 55.0 Å². The summed E-state index contributed by atoms with van der Waals surface area (Å²) in [6.07, 6.45) is 6.25. The third kappa shape index (κ3) is 5.19. The first-order valence-corrected chi connectivity index (χ1v) is 14.1. The number of aromatic nitrogens is 4. The van der Waals surface area contributed by atoms with Crippen LogP contribution < -0.4 is 16.0 Å². The first-order valence-electron chi connectivity index (χ1n) is 13.3. The fourth-order valence-corrected chi connectivity index (χ4v) is 6.34. The number of hydrogen-bond acceptors (Lipinski definition) is 8. The molecule has 3 N–H and O–H groups in total. The van der Waals surface area contributed by atoms with E-state index in [-0.39, 0.29) is 35.9 Å². The number of hydrogen-bond donors (Lipinski definition) is 3. The summed E-state index contributed by atoms with van der Waals surface area (Å²) in [5, 5.41) is 9.94. The first kappa shape index (κ1) is 26.4. The van der Waals surface area contributed by atoms with Gasteiger partial charge in [-0.2, -0.15) is 4.98 Å². The van der Waals surface area contributed by atoms with Gasteiger partial charge in [0.05, 0.1) is 21.7 Å². The Morgan fingerprint density at radius 1 is 1.05 bits per heavy atom. The van der Waals surface area contributed by atoms with Gasteiger partial charge in [0.25, 0.3) is 0 Å². The molecular formula is C28H28F3N7OS. The van der Waals surface area contributed by atoms with E-state index in [0.717, 1.165) is 58.2 Å². The number of pyridine rings is 1. The van der Waals surface area contributed by atoms with Gasteiger partial charge in [0.1, 0.15) is 22.2 Å². The molecule has 1 amide bonds. The fraction of sp³-hybridized carbons (Fsp3) is 0.393. The molecule has 208 valence electrons. The van der Waals surface area contributed by atoms with Gasteiger partial charge in [0.15, 0.2) is 11.6 Å². The van der Waals surface area contributed by atoms with Gasteiger partial charge >= 0.3 is 0 Å². The Hall–Kier alpha value is -3.80. The second kappa shape index (κ2) is 10.6. The highest BCUT2D eigenvalue weighted by Gasteiger charge is 2.32. The molecule has 0 radical (unpaired) electrons. The van der Waals surface area contributed by atoms with Crippen molar-refractivity contribution in [1.82, 2.24) is 25.3 Å². The summed E-state index contributed by atoms with van der Waals surface area (Å²) in [5.41, 5.74) is 3.26. The maximum absolute atomic E-state index is 14.2. The van der Waals surface area contributed by atoms with Gasteiger partial charge in [-0.25, -0.2) is 23.1 Å². The van der Waals surface area contributed by atoms with Crippen LogP contribution >= 0.6 is 11.3 Å². The number of thiazole rings is 1. The maximum Gasteiger partial charge on any atom is 0.225 e. The van der Waals surface area contributed by atoms with Crippen molar-refractivity contribution in [3.05, 3.63) is 58.8 Å². The zero-order valence-corrected chi connectivity index (χ0v) is 22.8. The van der Waals surface area contributed by atoms with E-state index in [9.17, 15) is 18.0 Å². The first-order chi connectivity index (χ1) is 19.3. The van der Waals surface area contributed by atoms with Crippen LogP contribution in [0.3, 0.4) is 0 Å². The average Bonchev–Trinajstić information content (AvgIpc) is 3.52. The van der Waals surface area contributed by atoms with E-state index in [1.54, 1.807) is 18.4 Å². The Labute approximate surface area is 232 Å². The van der Waals surface area contributed by atoms with Gasteiger partial charge in [0.2, 0.25) is 11.9 Å². The summed E-state index contributed by atoms with van der Waals surface area (Å²) < 4.78 is 42.4. The molecule has 0 bridgehead atoms. The lowest BCUT2D eigenvalue weighted by Crippen LogP contribution is -2.27. The van der Waals surface area contributed by atoms with E-state index in [4.69, 9.17) is 9.97 Å². The van der Waals surface area contributed by atoms with E-state index in [1.807, 2.05) is 19.2 Å². The summed E-state index contributed by atoms with van der Waals surface area (Å²) >= 11 is 1.54. The summed E-state index contributed by atoms with van der Waals surface area (Å²) in [6, 6.07) is 3.31. The Morgan fingerprint density at radius 2 is 1.85 bits per heavy atom. The van der Waals surface area contributed by atoms with Crippen LogP contribution in [0.4, 0.5) is 24.9 Å². The van der Waals surface area contributed by atoms with Crippen molar-refractivity contribution in [2.24, 2.45) is 5.92 Å². The predicted octanol–water partition coefficient (Wildman–Crippen LogP) is 5.69. The molecule has 2 aliphatic rings. The van der Waals surface area contributed by atoms with Gasteiger partial charge in [0, 0.05) is 49.3 Å². The number of aryl methyl sites for hydroxylation is 1. The highest BCUT2D eigenvalue weighted by atomic mass is 32.1. The number of anilines is 2. The number of benzene rings is 1. The lowest BCUT2D eigenvalue weighted by atomic mass is 10.1. The van der Waals surface area contributed by atoms with Crippen LogP contribution in [0.2, 0.25) is 0 Å². The predicted molar refractivity (Wildman–Crippen MR) is 148 cm³/mol. The molecule has 2 saturated carbocycles. The van der Waals surface area contributed by atoms with Crippen LogP contribution in [0.15, 0.2) is 24.4 Å². The average molecular weight is 568 g/mol. The van der Waals surface area contributed by atoms with Crippen LogP contribution in [-0.4, -0.2) is 38.9 Å². The monoisotopic (exact) mass is 567 g/mol. The van der Waals surface area contributed by atoms with Crippen molar-refractivity contribution in [3.8, 4) is 10.6 Å². The molecular weight excluding hydrogens is 539 g/mol. The second-order valence-electron chi connectivity index (χ2n) is 10.4. The van der Waals surface area contributed by atoms with Crippen LogP contribution in [0.5, 0.6) is 0 Å². The third-order valence-corrected chi connectivity index (χ3v) is 8.56. The Balaban J connectivity index is 1.35. The smallest absolute Gasteiger partial charge is 0.225 e. The van der Waals surface area contributed by atoms with Crippen molar-refractivity contribution in [3.63, 3.8) is 0 Å². The molecule has 3 heterocycles. The molecule has 0 saturated heterocycles. The molecule has 0 spiro atoms. The SMILES string of the molecule is CNC(=O)C1CCC(Nc2nc(NCc3cc(F)c(F)cc3F)nc(C)c2-c2nc3c(C4CC4)nccc3s2)C1. The largest absolute Gasteiger partial charge is 0.367 e. The minimum absolute atomic E-state index is 0.00455. The Kier molecular flexibility index (Phi) is 7.03. The lowest BCUT2D eigenvalue weighted by molar-refractivity contribution is -0.124. The third-order valence-electron chi connectivity index (χ3n) is 7.52. The summed E-state index contributed by atoms with van der Waals surface area (Å²) in [7, 11) is 1.64. The van der Waals surface area contributed by atoms with Gasteiger partial charge < -0.3 is 16.0 Å². The minimum atomic E-state index is -1.24. The highest BCUT2D eigenvalue weighted by molar-refractivity contribution is 7.21. The number of nitrogens with zero attached hydrogens (tertiary/aromatic N) is 4. The maximum atomic E-state index is 14.2. The molecule has 2 fully saturated rings. The number of nitrogens with one attached hydrogen (secondary N) is 3. The number of carbonyl (C=O) groups excluding carboxylic acids is 1. The van der Waals surface area contributed by atoms with Gasteiger partial charge in [-0.15, -0.1) is 11.3 Å². The normalized spacial score (nSPS) is 18.7. The topological polar surface area (TPSA) is 105 Å². The van der Waals surface area contributed by atoms with Crippen LogP contribution in [-0.2, 0) is 11.3 Å². The van der Waals surface area contributed by atoms with Crippen molar-refractivity contribution in [2.75, 3.05) is 17.7 Å². The Morgan fingerprint density at radius 3 is 2.62 bits per heavy atom. The van der Waals surface area contributed by atoms with Gasteiger partial charge in [-0.05, 0) is 51.2 Å². The van der Waals surface area contributed by atoms with Crippen molar-refractivity contribution >= 4 is 39.2 Å². The Bertz CT molecular complexity index is 1610. The summed E-state index contributed by atoms with van der Waals surface area (Å²) in [4.78, 5) is 31.1. The van der Waals surface area contributed by atoms with E-state index in [0.29, 0.717) is 29.9 Å². The lowest BCUT2D eigenvalue weighted by Gasteiger charge is -2.18. The molecule has 8 nitrogen and oxygen atoms in total. The van der Waals surface area contributed by atoms with E-state index in [2.05, 4.69) is 25.9 Å². The van der Waals surface area contributed by atoms with E-state index in [1.165, 1.54) is 0 Å². The zero-order chi connectivity index (χ0) is 28.0. The quantitative estimate of drug-likeness (QED) is 0.235. The molecule has 2 unspecified atom stereocenters. The zero-order valence-electron chi connectivity index (χ0n) is 22.0. The molecule has 2 aliphatic carbocycles. The molecule has 1 aromatic carbocycles. The van der Waals surface area contributed by atoms with Crippen LogP contribution in [0, 0.1) is 30.3 Å². The van der Waals surface area contributed by atoms with Crippen molar-refractivity contribution in [1.29, 1.82) is 0 Å². The minimum Gasteiger partial charge on any atom is -0.367 e. The van der Waals surface area contributed by atoms with Crippen molar-refractivity contribution in [2.45, 2.75) is 57.5 Å². The van der Waals surface area contributed by atoms with E-state index >= 15 is 0 Å². The molecule has 4 aromatic rings. The molecule has 12 heteroatoms. The molecule has 2 atom stereocenters. The highest BCUT2D eigenvalue weighted by Crippen LogP contribution is 2.44. The van der Waals surface area contributed by atoms with Gasteiger partial charge in [-0.3, -0.25) is 9.78 Å².